The van der Waals surface area contributed by atoms with Gasteiger partial charge in [0.15, 0.2) is 6.10 Å². The highest BCUT2D eigenvalue weighted by molar-refractivity contribution is 7.89. The molecule has 1 aliphatic heterocycles. The maximum absolute atomic E-state index is 13.1. The predicted octanol–water partition coefficient (Wildman–Crippen LogP) is 4.28. The predicted molar refractivity (Wildman–Crippen MR) is 125 cm³/mol. The zero-order valence-corrected chi connectivity index (χ0v) is 20.0. The Hall–Kier alpha value is -2.58. The molecule has 1 atom stereocenters. The van der Waals surface area contributed by atoms with Crippen LogP contribution in [0.1, 0.15) is 43.7 Å². The molecule has 3 rings (SSSR count). The first-order valence-electron chi connectivity index (χ1n) is 11.0. The number of aryl methyl sites for hydroxylation is 2. The van der Waals surface area contributed by atoms with Crippen LogP contribution < -0.4 is 14.8 Å². The van der Waals surface area contributed by atoms with Gasteiger partial charge in [-0.1, -0.05) is 25.5 Å². The highest BCUT2D eigenvalue weighted by Gasteiger charge is 2.28. The maximum atomic E-state index is 13.1. The standard InChI is InChI=1S/C24H32N2O5S/c1-5-21(31-23-15-17(2)9-10-18(23)3)24(27)25-20-16-19(11-12-22(20)30-4)32(28,29)26-13-7-6-8-14-26/h9-12,15-16,21H,5-8,13-14H2,1-4H3,(H,25,27). The molecule has 1 heterocycles. The van der Waals surface area contributed by atoms with Crippen molar-refractivity contribution in [2.75, 3.05) is 25.5 Å². The Kier molecular flexibility index (Phi) is 7.79. The zero-order valence-electron chi connectivity index (χ0n) is 19.2. The van der Waals surface area contributed by atoms with E-state index in [0.717, 1.165) is 30.4 Å². The van der Waals surface area contributed by atoms with Crippen LogP contribution in [0, 0.1) is 13.8 Å². The Morgan fingerprint density at radius 2 is 1.78 bits per heavy atom. The lowest BCUT2D eigenvalue weighted by atomic mass is 10.1. The molecule has 0 bridgehead atoms. The van der Waals surface area contributed by atoms with E-state index in [1.807, 2.05) is 39.0 Å². The van der Waals surface area contributed by atoms with Crippen LogP contribution in [0.3, 0.4) is 0 Å². The van der Waals surface area contributed by atoms with Gasteiger partial charge in [0.2, 0.25) is 10.0 Å². The van der Waals surface area contributed by atoms with Crippen LogP contribution in [-0.2, 0) is 14.8 Å². The van der Waals surface area contributed by atoms with Gasteiger partial charge in [-0.2, -0.15) is 4.31 Å². The van der Waals surface area contributed by atoms with E-state index in [2.05, 4.69) is 5.32 Å². The molecule has 32 heavy (non-hydrogen) atoms. The second-order valence-electron chi connectivity index (χ2n) is 8.10. The summed E-state index contributed by atoms with van der Waals surface area (Å²) in [5.41, 5.74) is 2.28. The van der Waals surface area contributed by atoms with Crippen molar-refractivity contribution in [2.24, 2.45) is 0 Å². The van der Waals surface area contributed by atoms with Crippen molar-refractivity contribution in [2.45, 2.75) is 57.5 Å². The summed E-state index contributed by atoms with van der Waals surface area (Å²) in [6.45, 7) is 6.78. The summed E-state index contributed by atoms with van der Waals surface area (Å²) in [5.74, 6) is 0.678. The van der Waals surface area contributed by atoms with Crippen LogP contribution in [-0.4, -0.2) is 44.9 Å². The van der Waals surface area contributed by atoms with Gasteiger partial charge in [-0.15, -0.1) is 0 Å². The van der Waals surface area contributed by atoms with Crippen LogP contribution in [0.15, 0.2) is 41.3 Å². The Morgan fingerprint density at radius 1 is 1.06 bits per heavy atom. The zero-order chi connectivity index (χ0) is 23.3. The van der Waals surface area contributed by atoms with Crippen LogP contribution in [0.5, 0.6) is 11.5 Å². The van der Waals surface area contributed by atoms with E-state index >= 15 is 0 Å². The third kappa shape index (κ3) is 5.42. The van der Waals surface area contributed by atoms with Crippen molar-refractivity contribution in [3.63, 3.8) is 0 Å². The minimum atomic E-state index is -3.63. The fourth-order valence-electron chi connectivity index (χ4n) is 3.72. The molecule has 1 aliphatic rings. The molecule has 1 unspecified atom stereocenters. The van der Waals surface area contributed by atoms with E-state index in [1.54, 1.807) is 6.07 Å². The average Bonchev–Trinajstić information content (AvgIpc) is 2.80. The van der Waals surface area contributed by atoms with Gasteiger partial charge in [0, 0.05) is 13.1 Å². The second-order valence-corrected chi connectivity index (χ2v) is 10.0. The van der Waals surface area contributed by atoms with Crippen LogP contribution >= 0.6 is 0 Å². The molecular formula is C24H32N2O5S. The third-order valence-corrected chi connectivity index (χ3v) is 7.55. The number of methoxy groups -OCH3 is 1. The number of ether oxygens (including phenoxy) is 2. The molecule has 2 aromatic rings. The van der Waals surface area contributed by atoms with Crippen LogP contribution in [0.25, 0.3) is 0 Å². The quantitative estimate of drug-likeness (QED) is 0.635. The first-order valence-corrected chi connectivity index (χ1v) is 12.4. The van der Waals surface area contributed by atoms with Crippen molar-refractivity contribution in [1.29, 1.82) is 0 Å². The molecule has 0 saturated carbocycles. The molecule has 1 fully saturated rings. The number of piperidine rings is 1. The number of anilines is 1. The number of nitrogens with one attached hydrogen (secondary N) is 1. The van der Waals surface area contributed by atoms with Gasteiger partial charge in [0.05, 0.1) is 17.7 Å². The highest BCUT2D eigenvalue weighted by Crippen LogP contribution is 2.30. The first kappa shape index (κ1) is 24.1. The third-order valence-electron chi connectivity index (χ3n) is 5.66. The minimum absolute atomic E-state index is 0.138. The summed E-state index contributed by atoms with van der Waals surface area (Å²) in [4.78, 5) is 13.2. The number of hydrogen-bond donors (Lipinski definition) is 1. The lowest BCUT2D eigenvalue weighted by molar-refractivity contribution is -0.122. The summed E-state index contributed by atoms with van der Waals surface area (Å²) in [5, 5.41) is 2.81. The van der Waals surface area contributed by atoms with Gasteiger partial charge in [0.25, 0.3) is 5.91 Å². The summed E-state index contributed by atoms with van der Waals surface area (Å²) in [7, 11) is -2.15. The minimum Gasteiger partial charge on any atom is -0.495 e. The molecule has 0 aliphatic carbocycles. The topological polar surface area (TPSA) is 84.9 Å². The van der Waals surface area contributed by atoms with Gasteiger partial charge < -0.3 is 14.8 Å². The lowest BCUT2D eigenvalue weighted by Gasteiger charge is -2.26. The summed E-state index contributed by atoms with van der Waals surface area (Å²) >= 11 is 0. The number of carbonyl (C=O) groups excluding carboxylic acids is 1. The average molecular weight is 461 g/mol. The van der Waals surface area contributed by atoms with E-state index in [9.17, 15) is 13.2 Å². The molecule has 7 nitrogen and oxygen atoms in total. The van der Waals surface area contributed by atoms with E-state index in [-0.39, 0.29) is 10.8 Å². The molecule has 0 spiro atoms. The number of benzene rings is 2. The van der Waals surface area contributed by atoms with Crippen molar-refractivity contribution < 1.29 is 22.7 Å². The van der Waals surface area contributed by atoms with E-state index in [4.69, 9.17) is 9.47 Å². The van der Waals surface area contributed by atoms with Crippen molar-refractivity contribution in [3.8, 4) is 11.5 Å². The van der Waals surface area contributed by atoms with Gasteiger partial charge in [-0.05, 0) is 68.5 Å². The largest absolute Gasteiger partial charge is 0.495 e. The summed E-state index contributed by atoms with van der Waals surface area (Å²) in [6, 6.07) is 10.4. The van der Waals surface area contributed by atoms with Gasteiger partial charge in [-0.25, -0.2) is 8.42 Å². The van der Waals surface area contributed by atoms with Crippen molar-refractivity contribution >= 4 is 21.6 Å². The number of carbonyl (C=O) groups is 1. The molecule has 174 valence electrons. The molecule has 1 N–H and O–H groups in total. The van der Waals surface area contributed by atoms with E-state index < -0.39 is 16.1 Å². The van der Waals surface area contributed by atoms with E-state index in [1.165, 1.54) is 23.5 Å². The van der Waals surface area contributed by atoms with Gasteiger partial charge in [0.1, 0.15) is 11.5 Å². The van der Waals surface area contributed by atoms with Gasteiger partial charge >= 0.3 is 0 Å². The maximum Gasteiger partial charge on any atom is 0.265 e. The number of rotatable bonds is 8. The SMILES string of the molecule is CCC(Oc1cc(C)ccc1C)C(=O)Nc1cc(S(=O)(=O)N2CCCCC2)ccc1OC. The van der Waals surface area contributed by atoms with Crippen LogP contribution in [0.2, 0.25) is 0 Å². The fourth-order valence-corrected chi connectivity index (χ4v) is 5.27. The second kappa shape index (κ2) is 10.4. The molecular weight excluding hydrogens is 428 g/mol. The number of amides is 1. The smallest absolute Gasteiger partial charge is 0.265 e. The Labute approximate surface area is 190 Å². The molecule has 2 aromatic carbocycles. The normalized spacial score (nSPS) is 15.8. The molecule has 0 radical (unpaired) electrons. The Bertz CT molecular complexity index is 1060. The monoisotopic (exact) mass is 460 g/mol. The first-order chi connectivity index (χ1) is 15.3. The summed E-state index contributed by atoms with van der Waals surface area (Å²) < 4.78 is 39.0. The molecule has 0 aromatic heterocycles. The van der Waals surface area contributed by atoms with Crippen LogP contribution in [0.4, 0.5) is 5.69 Å². The van der Waals surface area contributed by atoms with Gasteiger partial charge in [-0.3, -0.25) is 4.79 Å². The lowest BCUT2D eigenvalue weighted by Crippen LogP contribution is -2.35. The Balaban J connectivity index is 1.83. The van der Waals surface area contributed by atoms with Crippen molar-refractivity contribution in [1.82, 2.24) is 4.31 Å². The molecule has 1 saturated heterocycles. The summed E-state index contributed by atoms with van der Waals surface area (Å²) in [6.07, 6.45) is 2.46. The Morgan fingerprint density at radius 3 is 2.44 bits per heavy atom. The fraction of sp³-hybridized carbons (Fsp3) is 0.458. The number of nitrogens with zero attached hydrogens (tertiary/aromatic N) is 1. The number of hydrogen-bond acceptors (Lipinski definition) is 5. The molecule has 8 heteroatoms. The molecule has 1 amide bonds. The highest BCUT2D eigenvalue weighted by atomic mass is 32.2. The van der Waals surface area contributed by atoms with E-state index in [0.29, 0.717) is 36.7 Å². The number of sulfonamides is 1. The van der Waals surface area contributed by atoms with Crippen molar-refractivity contribution in [3.05, 3.63) is 47.5 Å².